The van der Waals surface area contributed by atoms with Gasteiger partial charge in [-0.2, -0.15) is 0 Å². The zero-order chi connectivity index (χ0) is 25.7. The summed E-state index contributed by atoms with van der Waals surface area (Å²) in [6.07, 6.45) is -0.162. The monoisotopic (exact) mass is 495 g/mol. The van der Waals surface area contributed by atoms with Crippen molar-refractivity contribution in [2.24, 2.45) is 0 Å². The van der Waals surface area contributed by atoms with Crippen molar-refractivity contribution in [3.8, 4) is 0 Å². The Kier molecular flexibility index (Phi) is 7.94. The van der Waals surface area contributed by atoms with Crippen molar-refractivity contribution >= 4 is 34.9 Å². The summed E-state index contributed by atoms with van der Waals surface area (Å²) in [5, 5.41) is 5.47. The fourth-order valence-electron chi connectivity index (χ4n) is 4.49. The summed E-state index contributed by atoms with van der Waals surface area (Å²) in [5.41, 5.74) is 1.99. The molecule has 2 fully saturated rings. The number of piperazine rings is 2. The van der Waals surface area contributed by atoms with Crippen LogP contribution in [-0.4, -0.2) is 85.2 Å². The topological polar surface area (TPSA) is 102 Å². The third-order valence-electron chi connectivity index (χ3n) is 6.53. The van der Waals surface area contributed by atoms with Crippen LogP contribution in [-0.2, 0) is 14.4 Å². The van der Waals surface area contributed by atoms with Gasteiger partial charge >= 0.3 is 0 Å². The molecule has 1 atom stereocenters. The molecule has 2 aliphatic rings. The molecule has 0 radical (unpaired) electrons. The number of amides is 3. The molecule has 1 unspecified atom stereocenters. The fraction of sp³-hybridized carbons (Fsp3) is 0.385. The van der Waals surface area contributed by atoms with Gasteiger partial charge in [-0.15, -0.1) is 0 Å². The molecule has 2 saturated heterocycles. The lowest BCUT2D eigenvalue weighted by molar-refractivity contribution is -0.145. The van der Waals surface area contributed by atoms with Gasteiger partial charge in [0.05, 0.1) is 13.0 Å². The van der Waals surface area contributed by atoms with Crippen molar-refractivity contribution in [3.63, 3.8) is 0 Å². The second-order valence-electron chi connectivity index (χ2n) is 9.02. The van der Waals surface area contributed by atoms with E-state index in [0.29, 0.717) is 50.5 Å². The van der Waals surface area contributed by atoms with E-state index < -0.39 is 11.9 Å². The second kappa shape index (κ2) is 11.3. The SMILES string of the molecule is CC(=O)c1ccc(NC(=O)CC2C(=O)NCCN2C(=O)CN2CCN(c3ccc(F)cc3)CC2)cc1. The molecule has 0 saturated carbocycles. The second-order valence-corrected chi connectivity index (χ2v) is 9.02. The van der Waals surface area contributed by atoms with Crippen LogP contribution in [0.1, 0.15) is 23.7 Å². The number of nitrogens with one attached hydrogen (secondary N) is 2. The lowest BCUT2D eigenvalue weighted by atomic mass is 10.1. The van der Waals surface area contributed by atoms with Gasteiger partial charge in [0.25, 0.3) is 0 Å². The van der Waals surface area contributed by atoms with Crippen molar-refractivity contribution in [3.05, 3.63) is 59.9 Å². The highest BCUT2D eigenvalue weighted by Gasteiger charge is 2.35. The average Bonchev–Trinajstić information content (AvgIpc) is 2.86. The van der Waals surface area contributed by atoms with Gasteiger partial charge in [0, 0.05) is 56.2 Å². The van der Waals surface area contributed by atoms with Gasteiger partial charge in [0.15, 0.2) is 5.78 Å². The number of carbonyl (C=O) groups excluding carboxylic acids is 4. The van der Waals surface area contributed by atoms with E-state index in [1.807, 2.05) is 4.90 Å². The quantitative estimate of drug-likeness (QED) is 0.565. The highest BCUT2D eigenvalue weighted by Crippen LogP contribution is 2.18. The summed E-state index contributed by atoms with van der Waals surface area (Å²) in [6, 6.07) is 12.0. The molecule has 3 amide bonds. The maximum Gasteiger partial charge on any atom is 0.243 e. The average molecular weight is 496 g/mol. The third kappa shape index (κ3) is 6.25. The first-order chi connectivity index (χ1) is 17.3. The van der Waals surface area contributed by atoms with E-state index >= 15 is 0 Å². The number of hydrogen-bond acceptors (Lipinski definition) is 6. The van der Waals surface area contributed by atoms with Crippen molar-refractivity contribution in [1.29, 1.82) is 0 Å². The van der Waals surface area contributed by atoms with Gasteiger partial charge < -0.3 is 20.4 Å². The van der Waals surface area contributed by atoms with Crippen LogP contribution in [0, 0.1) is 5.82 Å². The van der Waals surface area contributed by atoms with Gasteiger partial charge in [-0.3, -0.25) is 24.1 Å². The Bertz CT molecular complexity index is 1110. The van der Waals surface area contributed by atoms with E-state index in [1.54, 1.807) is 36.4 Å². The van der Waals surface area contributed by atoms with E-state index in [0.717, 1.165) is 5.69 Å². The van der Waals surface area contributed by atoms with E-state index in [1.165, 1.54) is 24.0 Å². The van der Waals surface area contributed by atoms with Gasteiger partial charge in [-0.25, -0.2) is 4.39 Å². The summed E-state index contributed by atoms with van der Waals surface area (Å²) in [6.45, 7) is 5.02. The first-order valence-electron chi connectivity index (χ1n) is 12.0. The molecule has 2 heterocycles. The number of anilines is 2. The molecule has 0 spiro atoms. The molecule has 36 heavy (non-hydrogen) atoms. The molecule has 2 aliphatic heterocycles. The Morgan fingerprint density at radius 1 is 0.972 bits per heavy atom. The normalized spacial score (nSPS) is 18.5. The predicted octanol–water partition coefficient (Wildman–Crippen LogP) is 1.51. The standard InChI is InChI=1S/C26H30FN5O4/c1-18(33)19-2-6-21(7-3-19)29-24(34)16-23-26(36)28-10-11-32(23)25(35)17-30-12-14-31(15-13-30)22-8-4-20(27)5-9-22/h2-9,23H,10-17H2,1H3,(H,28,36)(H,29,34). The molecule has 4 rings (SSSR count). The number of nitrogens with zero attached hydrogens (tertiary/aromatic N) is 3. The van der Waals surface area contributed by atoms with Gasteiger partial charge in [-0.05, 0) is 55.5 Å². The zero-order valence-corrected chi connectivity index (χ0v) is 20.2. The lowest BCUT2D eigenvalue weighted by Gasteiger charge is -2.39. The molecule has 2 N–H and O–H groups in total. The lowest BCUT2D eigenvalue weighted by Crippen LogP contribution is -2.60. The Morgan fingerprint density at radius 2 is 1.64 bits per heavy atom. The summed E-state index contributed by atoms with van der Waals surface area (Å²) < 4.78 is 13.2. The summed E-state index contributed by atoms with van der Waals surface area (Å²) >= 11 is 0. The third-order valence-corrected chi connectivity index (χ3v) is 6.53. The number of Topliss-reactive ketones (excluding diaryl/α,β-unsaturated/α-hetero) is 1. The minimum absolute atomic E-state index is 0.0715. The first-order valence-corrected chi connectivity index (χ1v) is 12.0. The molecule has 0 aromatic heterocycles. The Balaban J connectivity index is 1.31. The van der Waals surface area contributed by atoms with Crippen molar-refractivity contribution in [1.82, 2.24) is 15.1 Å². The maximum atomic E-state index is 13.2. The number of hydrogen-bond donors (Lipinski definition) is 2. The highest BCUT2D eigenvalue weighted by atomic mass is 19.1. The largest absolute Gasteiger partial charge is 0.369 e. The molecule has 9 nitrogen and oxygen atoms in total. The zero-order valence-electron chi connectivity index (χ0n) is 20.2. The van der Waals surface area contributed by atoms with Gasteiger partial charge in [0.2, 0.25) is 17.7 Å². The van der Waals surface area contributed by atoms with Crippen LogP contribution in [0.3, 0.4) is 0 Å². The summed E-state index contributed by atoms with van der Waals surface area (Å²) in [4.78, 5) is 55.4. The number of halogens is 1. The molecular formula is C26H30FN5O4. The van der Waals surface area contributed by atoms with Crippen LogP contribution in [0.25, 0.3) is 0 Å². The van der Waals surface area contributed by atoms with E-state index in [-0.39, 0.29) is 36.4 Å². The van der Waals surface area contributed by atoms with Crippen molar-refractivity contribution in [2.45, 2.75) is 19.4 Å². The van der Waals surface area contributed by atoms with E-state index in [2.05, 4.69) is 15.5 Å². The summed E-state index contributed by atoms with van der Waals surface area (Å²) in [7, 11) is 0. The summed E-state index contributed by atoms with van der Waals surface area (Å²) in [5.74, 6) is -1.28. The Morgan fingerprint density at radius 3 is 2.28 bits per heavy atom. The molecule has 190 valence electrons. The predicted molar refractivity (Wildman–Crippen MR) is 133 cm³/mol. The van der Waals surface area contributed by atoms with Crippen LogP contribution in [0.4, 0.5) is 15.8 Å². The van der Waals surface area contributed by atoms with Crippen LogP contribution < -0.4 is 15.5 Å². The molecule has 2 aromatic carbocycles. The van der Waals surface area contributed by atoms with Crippen molar-refractivity contribution in [2.75, 3.05) is 56.0 Å². The Labute approximate surface area is 209 Å². The van der Waals surface area contributed by atoms with Gasteiger partial charge in [-0.1, -0.05) is 0 Å². The van der Waals surface area contributed by atoms with Crippen LogP contribution >= 0.6 is 0 Å². The molecule has 10 heteroatoms. The minimum Gasteiger partial charge on any atom is -0.369 e. The maximum absolute atomic E-state index is 13.2. The molecule has 0 bridgehead atoms. The van der Waals surface area contributed by atoms with E-state index in [4.69, 9.17) is 0 Å². The van der Waals surface area contributed by atoms with Crippen molar-refractivity contribution < 1.29 is 23.6 Å². The van der Waals surface area contributed by atoms with Crippen LogP contribution in [0.5, 0.6) is 0 Å². The van der Waals surface area contributed by atoms with Gasteiger partial charge in [0.1, 0.15) is 11.9 Å². The number of carbonyl (C=O) groups is 4. The molecular weight excluding hydrogens is 465 g/mol. The number of ketones is 1. The number of rotatable bonds is 7. The fourth-order valence-corrected chi connectivity index (χ4v) is 4.49. The van der Waals surface area contributed by atoms with Crippen LogP contribution in [0.15, 0.2) is 48.5 Å². The molecule has 0 aliphatic carbocycles. The number of benzene rings is 2. The molecule has 2 aromatic rings. The van der Waals surface area contributed by atoms with Crippen LogP contribution in [0.2, 0.25) is 0 Å². The first kappa shape index (κ1) is 25.3. The minimum atomic E-state index is -0.886. The highest BCUT2D eigenvalue weighted by molar-refractivity contribution is 5.98. The smallest absolute Gasteiger partial charge is 0.243 e. The van der Waals surface area contributed by atoms with E-state index in [9.17, 15) is 23.6 Å². The Hall–Kier alpha value is -3.79.